The Morgan fingerprint density at radius 2 is 1.14 bits per heavy atom. The molecule has 6 heterocycles. The third-order valence-corrected chi connectivity index (χ3v) is 22.0. The maximum atomic E-state index is 14.3. The second-order valence-electron chi connectivity index (χ2n) is 28.7. The van der Waals surface area contributed by atoms with Crippen LogP contribution in [0.5, 0.6) is 23.0 Å². The summed E-state index contributed by atoms with van der Waals surface area (Å²) in [6, 6.07) is 20.3. The number of piperazine rings is 1. The van der Waals surface area contributed by atoms with E-state index in [1.165, 1.54) is 88.3 Å². The molecule has 3 N–H and O–H groups in total. The summed E-state index contributed by atoms with van der Waals surface area (Å²) >= 11 is 1.66. The van der Waals surface area contributed by atoms with E-state index in [2.05, 4.69) is 70.9 Å². The first kappa shape index (κ1) is 77.1. The topological polar surface area (TPSA) is 233 Å². The number of anilines is 2. The Hall–Kier alpha value is -8.50. The Bertz CT molecular complexity index is 3740. The zero-order valence-corrected chi connectivity index (χ0v) is 62.6. The summed E-state index contributed by atoms with van der Waals surface area (Å²) in [6.45, 7) is 14.6. The molecule has 0 radical (unpaired) electrons. The largest absolute Gasteiger partial charge is 0.493 e. The van der Waals surface area contributed by atoms with Crippen molar-refractivity contribution in [1.82, 2.24) is 30.2 Å². The quantitative estimate of drug-likeness (QED) is 0.0279. The number of unbranched alkanes of at least 4 members (excludes halogenated alkanes) is 11. The van der Waals surface area contributed by atoms with Crippen LogP contribution in [0.15, 0.2) is 95.2 Å². The van der Waals surface area contributed by atoms with Crippen molar-refractivity contribution in [1.29, 1.82) is 0 Å². The Labute approximate surface area is 613 Å². The average molecular weight is 1430 g/mol. The number of amides is 7. The van der Waals surface area contributed by atoms with Crippen LogP contribution in [0.1, 0.15) is 201 Å². The maximum Gasteiger partial charge on any atom is 0.260 e. The molecule has 2 fully saturated rings. The first-order valence-corrected chi connectivity index (χ1v) is 38.8. The smallest absolute Gasteiger partial charge is 0.260 e. The van der Waals surface area contributed by atoms with Crippen LogP contribution in [0.2, 0.25) is 0 Å². The molecular weight excluding hydrogens is 1320 g/mol. The highest BCUT2D eigenvalue weighted by Crippen LogP contribution is 2.43. The van der Waals surface area contributed by atoms with E-state index >= 15 is 0 Å². The lowest BCUT2D eigenvalue weighted by molar-refractivity contribution is -0.138. The Kier molecular flexibility index (Phi) is 28.3. The number of rotatable bonds is 39. The summed E-state index contributed by atoms with van der Waals surface area (Å²) < 4.78 is 23.9. The number of likely N-dealkylation sites (tertiary alicyclic amines) is 1. The highest BCUT2D eigenvalue weighted by Gasteiger charge is 2.40. The predicted molar refractivity (Wildman–Crippen MR) is 410 cm³/mol. The fourth-order valence-corrected chi connectivity index (χ4v) is 15.7. The summed E-state index contributed by atoms with van der Waals surface area (Å²) in [5.41, 5.74) is 7.36. The van der Waals surface area contributed by atoms with E-state index in [1.807, 2.05) is 44.6 Å². The highest BCUT2D eigenvalue weighted by atomic mass is 32.2. The van der Waals surface area contributed by atoms with Gasteiger partial charge in [-0.2, -0.15) is 0 Å². The number of thioether (sulfide) groups is 1. The van der Waals surface area contributed by atoms with Gasteiger partial charge < -0.3 is 54.5 Å². The lowest BCUT2D eigenvalue weighted by Gasteiger charge is -2.34. The van der Waals surface area contributed by atoms with Gasteiger partial charge in [0.15, 0.2) is 23.0 Å². The third kappa shape index (κ3) is 20.5. The molecule has 10 rings (SSSR count). The lowest BCUT2D eigenvalue weighted by atomic mass is 9.97. The van der Waals surface area contributed by atoms with Gasteiger partial charge in [-0.3, -0.25) is 48.4 Å². The minimum absolute atomic E-state index is 0.0882. The number of nitrogens with one attached hydrogen (secondary N) is 3. The second-order valence-corrected chi connectivity index (χ2v) is 29.9. The van der Waals surface area contributed by atoms with Crippen LogP contribution in [0.4, 0.5) is 22.7 Å². The van der Waals surface area contributed by atoms with Gasteiger partial charge in [-0.1, -0.05) is 129 Å². The number of methoxy groups -OCH3 is 2. The summed E-state index contributed by atoms with van der Waals surface area (Å²) in [7, 11) is 5.21. The Balaban J connectivity index is 0.625. The summed E-state index contributed by atoms with van der Waals surface area (Å²) in [6.07, 6.45) is 27.8. The molecule has 6 aliphatic heterocycles. The molecule has 0 aromatic heterocycles. The van der Waals surface area contributed by atoms with Crippen LogP contribution in [0, 0.1) is 11.8 Å². The molecule has 1 unspecified atom stereocenters. The first-order chi connectivity index (χ1) is 49.9. The van der Waals surface area contributed by atoms with Crippen LogP contribution >= 0.6 is 11.8 Å². The monoisotopic (exact) mass is 1430 g/mol. The second kappa shape index (κ2) is 37.8. The van der Waals surface area contributed by atoms with Gasteiger partial charge >= 0.3 is 0 Å². The molecule has 6 aliphatic rings. The van der Waals surface area contributed by atoms with E-state index in [1.54, 1.807) is 78.2 Å². The zero-order chi connectivity index (χ0) is 72.9. The van der Waals surface area contributed by atoms with Crippen molar-refractivity contribution in [3.8, 4) is 23.0 Å². The van der Waals surface area contributed by atoms with Crippen molar-refractivity contribution in [2.75, 3.05) is 83.2 Å². The molecular formula is C81H108N10O11S. The van der Waals surface area contributed by atoms with Crippen molar-refractivity contribution in [3.05, 3.63) is 107 Å². The van der Waals surface area contributed by atoms with E-state index in [0.29, 0.717) is 102 Å². The number of ether oxygens (including phenoxy) is 4. The highest BCUT2D eigenvalue weighted by molar-refractivity contribution is 8.00. The van der Waals surface area contributed by atoms with E-state index in [4.69, 9.17) is 28.9 Å². The zero-order valence-electron chi connectivity index (χ0n) is 61.8. The van der Waals surface area contributed by atoms with Crippen LogP contribution < -0.4 is 39.8 Å². The lowest BCUT2D eigenvalue weighted by Crippen LogP contribution is -2.53. The standard InChI is InChI=1S/C81H108N10O11S/c1-9-11-12-13-14-15-16-17-18-20-25-56(24-10-2)53-103-73-48-75(93)89(81(73)98)35-22-19-21-26-74(92)86-76(54(3)4)78(95)84-55(5)77(94)85-61-31-27-57(28-32-61)59-42-63-49-82-67-46-71(69(99-7)44-65(67)79(96)90(63)51-59)101-40-23-41-102-72-47-68-66(45-70(72)100-8)80(97)91-52-60(43-64(91)50-83-68)58-29-33-62(34-30-58)88-38-36-87(6)37-39-88/h27-34,44-47,49-52,54-56,63-64,73,76H,9-26,35-43,48,53H2,1-8H3,(H,84,95)(H,85,94)(H,86,92)/t55-,56-,63-,64-,73?,76-/m0/s1. The molecule has 0 bridgehead atoms. The number of carbonyl (C=O) groups is 7. The average Bonchev–Trinajstić information content (AvgIpc) is 1.67. The SMILES string of the molecule is CCCCCCCCCCCC[C@H](CCC)CSC1CC(=O)N(CCCCCC(=O)N[C@H](C(=O)N[C@@H](C)C(=O)Nc2ccc(C3=CN4C(=O)c5cc(OC)c(OCCCOc6cc7c(cc6OC)C(=O)N6C=C(c8ccc(N9CCN(C)CC9)cc8)C[C@H]6C=N7)cc5N=C[C@@H]4C3)cc2)C(C)C)C1=O. The first-order valence-electron chi connectivity index (χ1n) is 37.8. The van der Waals surface area contributed by atoms with Gasteiger partial charge in [0.25, 0.3) is 11.8 Å². The molecule has 554 valence electrons. The molecule has 6 atom stereocenters. The summed E-state index contributed by atoms with van der Waals surface area (Å²) in [5, 5.41) is 8.20. The fraction of sp³-hybridized carbons (Fsp3) is 0.543. The maximum absolute atomic E-state index is 14.3. The number of hydrogen-bond acceptors (Lipinski definition) is 16. The van der Waals surface area contributed by atoms with E-state index in [-0.39, 0.29) is 78.8 Å². The summed E-state index contributed by atoms with van der Waals surface area (Å²) in [5.74, 6) is 1.04. The van der Waals surface area contributed by atoms with E-state index < -0.39 is 23.9 Å². The predicted octanol–water partition coefficient (Wildman–Crippen LogP) is 14.0. The van der Waals surface area contributed by atoms with Crippen LogP contribution in [0.3, 0.4) is 0 Å². The molecule has 4 aromatic carbocycles. The van der Waals surface area contributed by atoms with Gasteiger partial charge in [0.05, 0.1) is 67.3 Å². The number of benzene rings is 4. The van der Waals surface area contributed by atoms with Crippen LogP contribution in [0.25, 0.3) is 11.1 Å². The molecule has 2 saturated heterocycles. The number of imide groups is 1. The van der Waals surface area contributed by atoms with Crippen molar-refractivity contribution in [2.45, 2.75) is 199 Å². The minimum Gasteiger partial charge on any atom is -0.493 e. The number of carbonyl (C=O) groups excluding carboxylic acids is 7. The number of hydrogen-bond donors (Lipinski definition) is 3. The van der Waals surface area contributed by atoms with E-state index in [0.717, 1.165) is 67.0 Å². The van der Waals surface area contributed by atoms with Crippen molar-refractivity contribution in [3.63, 3.8) is 0 Å². The molecule has 0 spiro atoms. The number of nitrogens with zero attached hydrogens (tertiary/aromatic N) is 7. The minimum atomic E-state index is -0.929. The van der Waals surface area contributed by atoms with Crippen LogP contribution in [-0.4, -0.2) is 176 Å². The number of likely N-dealkylation sites (N-methyl/N-ethyl adjacent to an activating group) is 1. The van der Waals surface area contributed by atoms with Crippen molar-refractivity contribution >= 4 is 99.4 Å². The molecule has 4 aromatic rings. The van der Waals surface area contributed by atoms with Gasteiger partial charge in [0.1, 0.15) is 12.1 Å². The Morgan fingerprint density at radius 1 is 0.592 bits per heavy atom. The number of fused-ring (bicyclic) bond motifs is 4. The number of aliphatic imine (C=N–C) groups is 2. The molecule has 22 heteroatoms. The fourth-order valence-electron chi connectivity index (χ4n) is 14.3. The normalized spacial score (nSPS) is 18.7. The van der Waals surface area contributed by atoms with Gasteiger partial charge in [0, 0.05) is 113 Å². The molecule has 103 heavy (non-hydrogen) atoms. The third-order valence-electron chi connectivity index (χ3n) is 20.6. The van der Waals surface area contributed by atoms with Crippen molar-refractivity contribution in [2.24, 2.45) is 21.8 Å². The van der Waals surface area contributed by atoms with Gasteiger partial charge in [-0.25, -0.2) is 0 Å². The molecule has 0 aliphatic carbocycles. The molecule has 7 amide bonds. The van der Waals surface area contributed by atoms with Crippen molar-refractivity contribution < 1.29 is 52.5 Å². The Morgan fingerprint density at radius 3 is 1.68 bits per heavy atom. The van der Waals surface area contributed by atoms with Crippen LogP contribution in [-0.2, 0) is 24.0 Å². The summed E-state index contributed by atoms with van der Waals surface area (Å²) in [4.78, 5) is 114. The van der Waals surface area contributed by atoms with Gasteiger partial charge in [-0.05, 0) is 116 Å². The molecule has 0 saturated carbocycles. The molecule has 21 nitrogen and oxygen atoms in total. The van der Waals surface area contributed by atoms with Gasteiger partial charge in [0.2, 0.25) is 29.5 Å². The van der Waals surface area contributed by atoms with Gasteiger partial charge in [-0.15, -0.1) is 11.8 Å². The van der Waals surface area contributed by atoms with E-state index in [9.17, 15) is 33.6 Å².